The maximum atomic E-state index is 13.6. The summed E-state index contributed by atoms with van der Waals surface area (Å²) in [5.74, 6) is -0.450. The lowest BCUT2D eigenvalue weighted by Crippen LogP contribution is -2.13. The van der Waals surface area contributed by atoms with E-state index in [2.05, 4.69) is 4.98 Å². The van der Waals surface area contributed by atoms with Gasteiger partial charge in [-0.05, 0) is 19.1 Å². The molecule has 1 N–H and O–H groups in total. The van der Waals surface area contributed by atoms with Gasteiger partial charge in [-0.1, -0.05) is 18.2 Å². The van der Waals surface area contributed by atoms with Crippen LogP contribution in [-0.4, -0.2) is 4.98 Å². The van der Waals surface area contributed by atoms with Gasteiger partial charge in [0.15, 0.2) is 0 Å². The third-order valence-electron chi connectivity index (χ3n) is 2.44. The molecular weight excluding hydrogens is 219 g/mol. The summed E-state index contributed by atoms with van der Waals surface area (Å²) in [6.07, 6.45) is 0. The van der Waals surface area contributed by atoms with Gasteiger partial charge >= 0.3 is 0 Å². The van der Waals surface area contributed by atoms with Crippen molar-refractivity contribution >= 4 is 0 Å². The second-order valence-corrected chi connectivity index (χ2v) is 3.66. The number of nitrogens with one attached hydrogen (secondary N) is 1. The van der Waals surface area contributed by atoms with Gasteiger partial charge in [0.1, 0.15) is 17.4 Å². The molecule has 0 aliphatic carbocycles. The molecule has 1 heterocycles. The highest BCUT2D eigenvalue weighted by molar-refractivity contribution is 5.70. The van der Waals surface area contributed by atoms with E-state index in [4.69, 9.17) is 5.26 Å². The SMILES string of the molecule is Cc1cc(-c2ccccc2F)c(C#N)c(=O)[nH]1. The highest BCUT2D eigenvalue weighted by Gasteiger charge is 2.12. The molecule has 84 valence electrons. The molecule has 3 nitrogen and oxygen atoms in total. The van der Waals surface area contributed by atoms with Crippen LogP contribution in [0.3, 0.4) is 0 Å². The van der Waals surface area contributed by atoms with Crippen molar-refractivity contribution in [2.45, 2.75) is 6.92 Å². The molecule has 1 aromatic carbocycles. The van der Waals surface area contributed by atoms with Crippen LogP contribution in [-0.2, 0) is 0 Å². The molecule has 0 bridgehead atoms. The Hall–Kier alpha value is -2.41. The lowest BCUT2D eigenvalue weighted by Gasteiger charge is -2.06. The largest absolute Gasteiger partial charge is 0.325 e. The van der Waals surface area contributed by atoms with Gasteiger partial charge < -0.3 is 4.98 Å². The van der Waals surface area contributed by atoms with Crippen LogP contribution in [0.25, 0.3) is 11.1 Å². The Bertz CT molecular complexity index is 668. The zero-order chi connectivity index (χ0) is 12.4. The zero-order valence-electron chi connectivity index (χ0n) is 9.12. The number of benzene rings is 1. The van der Waals surface area contributed by atoms with E-state index < -0.39 is 11.4 Å². The minimum absolute atomic E-state index is 0.0688. The van der Waals surface area contributed by atoms with E-state index in [9.17, 15) is 9.18 Å². The average molecular weight is 228 g/mol. The molecule has 0 unspecified atom stereocenters. The number of pyridine rings is 1. The molecule has 0 aliphatic rings. The second kappa shape index (κ2) is 4.22. The van der Waals surface area contributed by atoms with Crippen molar-refractivity contribution in [2.75, 3.05) is 0 Å². The van der Waals surface area contributed by atoms with E-state index in [-0.39, 0.29) is 11.1 Å². The fourth-order valence-corrected chi connectivity index (χ4v) is 1.69. The Kier molecular flexibility index (Phi) is 2.75. The average Bonchev–Trinajstić information content (AvgIpc) is 2.28. The quantitative estimate of drug-likeness (QED) is 0.814. The van der Waals surface area contributed by atoms with Gasteiger partial charge in [-0.2, -0.15) is 5.26 Å². The number of rotatable bonds is 1. The standard InChI is InChI=1S/C13H9FN2O/c1-8-6-10(11(7-15)13(17)16-8)9-4-2-3-5-12(9)14/h2-6H,1H3,(H,16,17). The number of hydrogen-bond donors (Lipinski definition) is 1. The number of H-pyrrole nitrogens is 1. The molecular formula is C13H9FN2O. The molecule has 0 saturated carbocycles. The number of aromatic nitrogens is 1. The monoisotopic (exact) mass is 228 g/mol. The van der Waals surface area contributed by atoms with Crippen LogP contribution in [0.15, 0.2) is 35.1 Å². The number of nitrogens with zero attached hydrogens (tertiary/aromatic N) is 1. The van der Waals surface area contributed by atoms with Crippen molar-refractivity contribution in [2.24, 2.45) is 0 Å². The summed E-state index contributed by atoms with van der Waals surface area (Å²) in [5.41, 5.74) is 0.615. The highest BCUT2D eigenvalue weighted by Crippen LogP contribution is 2.24. The van der Waals surface area contributed by atoms with Crippen LogP contribution < -0.4 is 5.56 Å². The number of aryl methyl sites for hydroxylation is 1. The molecule has 0 amide bonds. The smallest absolute Gasteiger partial charge is 0.266 e. The van der Waals surface area contributed by atoms with Crippen molar-refractivity contribution < 1.29 is 4.39 Å². The minimum Gasteiger partial charge on any atom is -0.325 e. The first kappa shape index (κ1) is 11.1. The summed E-state index contributed by atoms with van der Waals surface area (Å²) in [4.78, 5) is 14.1. The normalized spacial score (nSPS) is 9.94. The van der Waals surface area contributed by atoms with Gasteiger partial charge in [-0.15, -0.1) is 0 Å². The predicted molar refractivity (Wildman–Crippen MR) is 61.9 cm³/mol. The fourth-order valence-electron chi connectivity index (χ4n) is 1.69. The van der Waals surface area contributed by atoms with Gasteiger partial charge in [0.2, 0.25) is 0 Å². The topological polar surface area (TPSA) is 56.6 Å². The van der Waals surface area contributed by atoms with Gasteiger partial charge in [-0.25, -0.2) is 4.39 Å². The minimum atomic E-state index is -0.495. The summed E-state index contributed by atoms with van der Waals surface area (Å²) in [6, 6.07) is 9.47. The van der Waals surface area contributed by atoms with Crippen LogP contribution in [0.4, 0.5) is 4.39 Å². The third-order valence-corrected chi connectivity index (χ3v) is 2.44. The number of halogens is 1. The molecule has 1 aromatic heterocycles. The first-order chi connectivity index (χ1) is 8.13. The molecule has 4 heteroatoms. The fraction of sp³-hybridized carbons (Fsp3) is 0.0769. The number of aromatic amines is 1. The Labute approximate surface area is 97.2 Å². The molecule has 2 aromatic rings. The number of nitriles is 1. The summed E-state index contributed by atoms with van der Waals surface area (Å²) < 4.78 is 13.6. The van der Waals surface area contributed by atoms with Crippen molar-refractivity contribution in [3.8, 4) is 17.2 Å². The van der Waals surface area contributed by atoms with Crippen LogP contribution in [0.5, 0.6) is 0 Å². The maximum absolute atomic E-state index is 13.6. The number of hydrogen-bond acceptors (Lipinski definition) is 2. The van der Waals surface area contributed by atoms with E-state index in [0.717, 1.165) is 0 Å². The molecule has 0 atom stereocenters. The van der Waals surface area contributed by atoms with E-state index in [0.29, 0.717) is 11.3 Å². The Morgan fingerprint density at radius 3 is 2.65 bits per heavy atom. The Balaban J connectivity index is 2.81. The van der Waals surface area contributed by atoms with Crippen LogP contribution in [0, 0.1) is 24.1 Å². The molecule has 0 spiro atoms. The van der Waals surface area contributed by atoms with Crippen molar-refractivity contribution in [1.82, 2.24) is 4.98 Å². The van der Waals surface area contributed by atoms with E-state index >= 15 is 0 Å². The highest BCUT2D eigenvalue weighted by atomic mass is 19.1. The first-order valence-electron chi connectivity index (χ1n) is 5.02. The summed E-state index contributed by atoms with van der Waals surface area (Å²) in [6.45, 7) is 1.69. The lowest BCUT2D eigenvalue weighted by molar-refractivity contribution is 0.631. The summed E-state index contributed by atoms with van der Waals surface area (Å²) in [5, 5.41) is 8.95. The Morgan fingerprint density at radius 1 is 1.29 bits per heavy atom. The van der Waals surface area contributed by atoms with Crippen LogP contribution >= 0.6 is 0 Å². The van der Waals surface area contributed by atoms with Crippen molar-refractivity contribution in [1.29, 1.82) is 5.26 Å². The van der Waals surface area contributed by atoms with Crippen LogP contribution in [0.2, 0.25) is 0 Å². The van der Waals surface area contributed by atoms with Crippen molar-refractivity contribution in [3.05, 3.63) is 57.8 Å². The summed E-state index contributed by atoms with van der Waals surface area (Å²) >= 11 is 0. The van der Waals surface area contributed by atoms with Gasteiger partial charge in [0, 0.05) is 16.8 Å². The second-order valence-electron chi connectivity index (χ2n) is 3.66. The third kappa shape index (κ3) is 1.95. The van der Waals surface area contributed by atoms with Gasteiger partial charge in [-0.3, -0.25) is 4.79 Å². The molecule has 0 saturated heterocycles. The molecule has 0 radical (unpaired) electrons. The predicted octanol–water partition coefficient (Wildman–Crippen LogP) is 2.36. The van der Waals surface area contributed by atoms with Crippen molar-refractivity contribution in [3.63, 3.8) is 0 Å². The lowest BCUT2D eigenvalue weighted by atomic mass is 10.0. The van der Waals surface area contributed by atoms with Gasteiger partial charge in [0.05, 0.1) is 0 Å². The molecule has 2 rings (SSSR count). The van der Waals surface area contributed by atoms with E-state index in [1.54, 1.807) is 37.3 Å². The molecule has 0 fully saturated rings. The maximum Gasteiger partial charge on any atom is 0.266 e. The Morgan fingerprint density at radius 2 is 2.00 bits per heavy atom. The molecule has 17 heavy (non-hydrogen) atoms. The molecule has 0 aliphatic heterocycles. The van der Waals surface area contributed by atoms with Crippen LogP contribution in [0.1, 0.15) is 11.3 Å². The zero-order valence-corrected chi connectivity index (χ0v) is 9.12. The summed E-state index contributed by atoms with van der Waals surface area (Å²) in [7, 11) is 0. The van der Waals surface area contributed by atoms with E-state index in [1.165, 1.54) is 6.07 Å². The van der Waals surface area contributed by atoms with E-state index in [1.807, 2.05) is 0 Å². The van der Waals surface area contributed by atoms with Gasteiger partial charge in [0.25, 0.3) is 5.56 Å². The first-order valence-corrected chi connectivity index (χ1v) is 5.02.